The van der Waals surface area contributed by atoms with E-state index in [-0.39, 0.29) is 0 Å². The molecule has 1 saturated carbocycles. The average molecular weight is 277 g/mol. The van der Waals surface area contributed by atoms with Crippen molar-refractivity contribution in [1.29, 1.82) is 0 Å². The van der Waals surface area contributed by atoms with Gasteiger partial charge >= 0.3 is 0 Å². The van der Waals surface area contributed by atoms with E-state index in [1.165, 1.54) is 6.42 Å². The first kappa shape index (κ1) is 13.7. The lowest BCUT2D eigenvalue weighted by Crippen LogP contribution is -2.41. The van der Waals surface area contributed by atoms with E-state index in [1.807, 2.05) is 18.2 Å². The molecule has 0 unspecified atom stereocenters. The van der Waals surface area contributed by atoms with Crippen LogP contribution in [0, 0.1) is 0 Å². The molecule has 0 atom stereocenters. The molecule has 1 aliphatic carbocycles. The van der Waals surface area contributed by atoms with Crippen molar-refractivity contribution in [2.75, 3.05) is 19.8 Å². The number of hydrogen-bond donors (Lipinski definition) is 2. The maximum atomic E-state index is 10.4. The largest absolute Gasteiger partial charge is 0.486 e. The predicted octanol–water partition coefficient (Wildman–Crippen LogP) is 2.24. The summed E-state index contributed by atoms with van der Waals surface area (Å²) in [5, 5.41) is 13.8. The van der Waals surface area contributed by atoms with Gasteiger partial charge < -0.3 is 19.9 Å². The van der Waals surface area contributed by atoms with Crippen molar-refractivity contribution in [3.8, 4) is 11.5 Å². The smallest absolute Gasteiger partial charge is 0.161 e. The topological polar surface area (TPSA) is 50.7 Å². The van der Waals surface area contributed by atoms with Crippen LogP contribution in [-0.4, -0.2) is 30.5 Å². The second kappa shape index (κ2) is 6.02. The van der Waals surface area contributed by atoms with Gasteiger partial charge in [0.1, 0.15) is 13.2 Å². The van der Waals surface area contributed by atoms with Crippen LogP contribution in [0.5, 0.6) is 11.5 Å². The molecule has 0 radical (unpaired) electrons. The Morgan fingerprint density at radius 2 is 1.80 bits per heavy atom. The van der Waals surface area contributed by atoms with E-state index >= 15 is 0 Å². The number of aliphatic hydroxyl groups is 1. The number of fused-ring (bicyclic) bond motifs is 1. The number of rotatable bonds is 4. The molecule has 2 N–H and O–H groups in total. The highest BCUT2D eigenvalue weighted by molar-refractivity contribution is 5.43. The second-order valence-corrected chi connectivity index (χ2v) is 5.87. The van der Waals surface area contributed by atoms with Gasteiger partial charge in [-0.2, -0.15) is 0 Å². The maximum Gasteiger partial charge on any atom is 0.161 e. The Morgan fingerprint density at radius 3 is 2.60 bits per heavy atom. The fourth-order valence-electron chi connectivity index (χ4n) is 3.02. The number of nitrogens with one attached hydrogen (secondary N) is 1. The summed E-state index contributed by atoms with van der Waals surface area (Å²) in [6.45, 7) is 2.65. The van der Waals surface area contributed by atoms with Gasteiger partial charge in [-0.15, -0.1) is 0 Å². The molecule has 0 saturated heterocycles. The van der Waals surface area contributed by atoms with Crippen LogP contribution in [-0.2, 0) is 6.54 Å². The number of ether oxygens (including phenoxy) is 2. The first-order chi connectivity index (χ1) is 9.75. The summed E-state index contributed by atoms with van der Waals surface area (Å²) >= 11 is 0. The van der Waals surface area contributed by atoms with Crippen LogP contribution in [0.4, 0.5) is 0 Å². The van der Waals surface area contributed by atoms with Crippen molar-refractivity contribution in [3.63, 3.8) is 0 Å². The molecule has 1 aromatic carbocycles. The Balaban J connectivity index is 1.53. The van der Waals surface area contributed by atoms with E-state index < -0.39 is 5.60 Å². The molecule has 0 bridgehead atoms. The third-order valence-corrected chi connectivity index (χ3v) is 4.17. The third kappa shape index (κ3) is 3.25. The van der Waals surface area contributed by atoms with Crippen molar-refractivity contribution in [2.45, 2.75) is 44.2 Å². The highest BCUT2D eigenvalue weighted by Gasteiger charge is 2.28. The lowest BCUT2D eigenvalue weighted by molar-refractivity contribution is 0.00467. The van der Waals surface area contributed by atoms with Gasteiger partial charge in [0.05, 0.1) is 5.60 Å². The second-order valence-electron chi connectivity index (χ2n) is 5.87. The van der Waals surface area contributed by atoms with Gasteiger partial charge in [-0.25, -0.2) is 0 Å². The molecule has 3 rings (SSSR count). The molecule has 4 nitrogen and oxygen atoms in total. The van der Waals surface area contributed by atoms with E-state index in [0.29, 0.717) is 19.8 Å². The maximum absolute atomic E-state index is 10.4. The van der Waals surface area contributed by atoms with Gasteiger partial charge in [0, 0.05) is 13.1 Å². The van der Waals surface area contributed by atoms with Crippen LogP contribution >= 0.6 is 0 Å². The molecular formula is C16H23NO3. The normalized spacial score (nSPS) is 20.6. The van der Waals surface area contributed by atoms with Gasteiger partial charge in [-0.05, 0) is 30.5 Å². The summed E-state index contributed by atoms with van der Waals surface area (Å²) in [6, 6.07) is 6.03. The van der Waals surface area contributed by atoms with E-state index in [2.05, 4.69) is 5.32 Å². The van der Waals surface area contributed by atoms with E-state index in [0.717, 1.165) is 49.3 Å². The van der Waals surface area contributed by atoms with Crippen molar-refractivity contribution >= 4 is 0 Å². The van der Waals surface area contributed by atoms with Crippen LogP contribution in [0.15, 0.2) is 18.2 Å². The molecule has 2 aliphatic rings. The van der Waals surface area contributed by atoms with Crippen LogP contribution in [0.2, 0.25) is 0 Å². The zero-order valence-electron chi connectivity index (χ0n) is 11.9. The highest BCUT2D eigenvalue weighted by atomic mass is 16.6. The Kier molecular flexibility index (Phi) is 4.13. The van der Waals surface area contributed by atoms with E-state index in [4.69, 9.17) is 9.47 Å². The summed E-state index contributed by atoms with van der Waals surface area (Å²) in [5.74, 6) is 1.65. The molecular weight excluding hydrogens is 254 g/mol. The molecule has 1 aromatic rings. The fourth-order valence-corrected chi connectivity index (χ4v) is 3.02. The van der Waals surface area contributed by atoms with Gasteiger partial charge in [-0.3, -0.25) is 0 Å². The molecule has 0 spiro atoms. The lowest BCUT2D eigenvalue weighted by Gasteiger charge is -2.32. The predicted molar refractivity (Wildman–Crippen MR) is 77.2 cm³/mol. The minimum Gasteiger partial charge on any atom is -0.486 e. The quantitative estimate of drug-likeness (QED) is 0.886. The van der Waals surface area contributed by atoms with Crippen molar-refractivity contribution < 1.29 is 14.6 Å². The van der Waals surface area contributed by atoms with Gasteiger partial charge in [0.2, 0.25) is 0 Å². The Hall–Kier alpha value is -1.26. The molecule has 110 valence electrons. The van der Waals surface area contributed by atoms with Gasteiger partial charge in [-0.1, -0.05) is 25.3 Å². The first-order valence-electron chi connectivity index (χ1n) is 7.57. The number of benzene rings is 1. The van der Waals surface area contributed by atoms with E-state index in [1.54, 1.807) is 0 Å². The van der Waals surface area contributed by atoms with Crippen molar-refractivity contribution in [1.82, 2.24) is 5.32 Å². The highest BCUT2D eigenvalue weighted by Crippen LogP contribution is 2.31. The standard InChI is InChI=1S/C16H23NO3/c18-16(6-2-1-3-7-16)12-17-11-13-4-5-14-15(10-13)20-9-8-19-14/h4-5,10,17-18H,1-3,6-9,11-12H2. The molecule has 0 aromatic heterocycles. The zero-order chi connectivity index (χ0) is 13.8. The molecule has 1 heterocycles. The molecule has 20 heavy (non-hydrogen) atoms. The number of hydrogen-bond acceptors (Lipinski definition) is 4. The first-order valence-corrected chi connectivity index (χ1v) is 7.57. The monoisotopic (exact) mass is 277 g/mol. The molecule has 1 fully saturated rings. The Bertz CT molecular complexity index is 455. The minimum atomic E-state index is -0.508. The summed E-state index contributed by atoms with van der Waals surface area (Å²) < 4.78 is 11.1. The van der Waals surface area contributed by atoms with Crippen LogP contribution in [0.3, 0.4) is 0 Å². The molecule has 4 heteroatoms. The Labute approximate surface area is 120 Å². The summed E-state index contributed by atoms with van der Waals surface area (Å²) in [4.78, 5) is 0. The third-order valence-electron chi connectivity index (χ3n) is 4.17. The van der Waals surface area contributed by atoms with Crippen LogP contribution in [0.25, 0.3) is 0 Å². The zero-order valence-corrected chi connectivity index (χ0v) is 11.9. The summed E-state index contributed by atoms with van der Waals surface area (Å²) in [6.07, 6.45) is 5.37. The minimum absolute atomic E-state index is 0.508. The van der Waals surface area contributed by atoms with Crippen molar-refractivity contribution in [3.05, 3.63) is 23.8 Å². The fraction of sp³-hybridized carbons (Fsp3) is 0.625. The van der Waals surface area contributed by atoms with Gasteiger partial charge in [0.15, 0.2) is 11.5 Å². The average Bonchev–Trinajstić information content (AvgIpc) is 2.48. The molecule has 1 aliphatic heterocycles. The van der Waals surface area contributed by atoms with Crippen LogP contribution in [0.1, 0.15) is 37.7 Å². The Morgan fingerprint density at radius 1 is 1.05 bits per heavy atom. The van der Waals surface area contributed by atoms with Crippen molar-refractivity contribution in [2.24, 2.45) is 0 Å². The SMILES string of the molecule is OC1(CNCc2ccc3c(c2)OCCO3)CCCCC1. The summed E-state index contributed by atoms with van der Waals surface area (Å²) in [7, 11) is 0. The summed E-state index contributed by atoms with van der Waals surface area (Å²) in [5.41, 5.74) is 0.653. The van der Waals surface area contributed by atoms with Gasteiger partial charge in [0.25, 0.3) is 0 Å². The molecule has 0 amide bonds. The van der Waals surface area contributed by atoms with E-state index in [9.17, 15) is 5.11 Å². The lowest BCUT2D eigenvalue weighted by atomic mass is 9.85. The van der Waals surface area contributed by atoms with Crippen LogP contribution < -0.4 is 14.8 Å².